The first kappa shape index (κ1) is 12.8. The van der Waals surface area contributed by atoms with Crippen molar-refractivity contribution in [2.24, 2.45) is 0 Å². The molecular weight excluding hydrogens is 279 g/mol. The molecule has 4 nitrogen and oxygen atoms in total. The molecule has 94 valence electrons. The molecule has 0 saturated carbocycles. The summed E-state index contributed by atoms with van der Waals surface area (Å²) in [5, 5.41) is 9.21. The third-order valence-corrected chi connectivity index (χ3v) is 3.76. The average molecular weight is 287 g/mol. The maximum atomic E-state index is 13.1. The fraction of sp³-hybridized carbons (Fsp3) is 0.0909. The number of aromatic carboxylic acids is 1. The Balaban J connectivity index is 2.37. The first-order valence-electron chi connectivity index (χ1n) is 4.88. The Bertz CT molecular complexity index is 602. The van der Waals surface area contributed by atoms with Crippen molar-refractivity contribution in [1.82, 2.24) is 4.98 Å². The van der Waals surface area contributed by atoms with Gasteiger partial charge >= 0.3 is 5.97 Å². The smallest absolute Gasteiger partial charge is 0.349 e. The van der Waals surface area contributed by atoms with Gasteiger partial charge in [-0.3, -0.25) is 0 Å². The lowest BCUT2D eigenvalue weighted by Gasteiger charge is -2.15. The monoisotopic (exact) mass is 286 g/mol. The molecule has 7 heteroatoms. The van der Waals surface area contributed by atoms with Crippen LogP contribution in [0.1, 0.15) is 9.67 Å². The quantitative estimate of drug-likeness (QED) is 0.939. The van der Waals surface area contributed by atoms with Crippen molar-refractivity contribution in [3.63, 3.8) is 0 Å². The normalized spacial score (nSPS) is 10.4. The second kappa shape index (κ2) is 4.91. The van der Waals surface area contributed by atoms with Crippen molar-refractivity contribution in [3.8, 4) is 0 Å². The predicted molar refractivity (Wildman–Crippen MR) is 68.5 cm³/mol. The van der Waals surface area contributed by atoms with Gasteiger partial charge in [-0.15, -0.1) is 0 Å². The van der Waals surface area contributed by atoms with Gasteiger partial charge in [-0.25, -0.2) is 14.2 Å². The highest BCUT2D eigenvalue weighted by molar-refractivity contribution is 7.18. The largest absolute Gasteiger partial charge is 0.477 e. The van der Waals surface area contributed by atoms with E-state index >= 15 is 0 Å². The summed E-state index contributed by atoms with van der Waals surface area (Å²) < 4.78 is 13.1. The van der Waals surface area contributed by atoms with E-state index in [1.54, 1.807) is 24.1 Å². The number of rotatable bonds is 3. The maximum absolute atomic E-state index is 13.1. The van der Waals surface area contributed by atoms with E-state index in [1.807, 2.05) is 0 Å². The van der Waals surface area contributed by atoms with Gasteiger partial charge in [0.2, 0.25) is 0 Å². The molecule has 0 saturated heterocycles. The molecule has 2 aromatic rings. The van der Waals surface area contributed by atoms with Gasteiger partial charge in [0.05, 0.1) is 0 Å². The predicted octanol–water partition coefficient (Wildman–Crippen LogP) is 3.40. The molecule has 0 amide bonds. The number of anilines is 2. The van der Waals surface area contributed by atoms with Crippen LogP contribution in [0, 0.1) is 5.82 Å². The number of nitrogens with zero attached hydrogens (tertiary/aromatic N) is 2. The molecule has 0 aliphatic carbocycles. The number of aromatic nitrogens is 1. The molecule has 1 heterocycles. The Morgan fingerprint density at radius 3 is 2.83 bits per heavy atom. The Labute approximate surface area is 111 Å². The summed E-state index contributed by atoms with van der Waals surface area (Å²) in [6.07, 6.45) is 0. The minimum atomic E-state index is -1.13. The highest BCUT2D eigenvalue weighted by Gasteiger charge is 2.18. The highest BCUT2D eigenvalue weighted by Crippen LogP contribution is 2.32. The molecule has 0 aliphatic rings. The van der Waals surface area contributed by atoms with Crippen molar-refractivity contribution in [2.45, 2.75) is 0 Å². The number of carboxylic acids is 1. The number of thiazole rings is 1. The fourth-order valence-corrected chi connectivity index (χ4v) is 2.47. The van der Waals surface area contributed by atoms with Crippen LogP contribution in [0.5, 0.6) is 0 Å². The van der Waals surface area contributed by atoms with Gasteiger partial charge in [0.15, 0.2) is 15.2 Å². The average Bonchev–Trinajstić information content (AvgIpc) is 2.70. The number of carboxylic acid groups (broad SMARTS) is 1. The van der Waals surface area contributed by atoms with Crippen LogP contribution >= 0.6 is 22.9 Å². The van der Waals surface area contributed by atoms with Crippen LogP contribution in [0.4, 0.5) is 15.2 Å². The Morgan fingerprint density at radius 2 is 2.28 bits per heavy atom. The number of hydrogen-bond donors (Lipinski definition) is 1. The summed E-state index contributed by atoms with van der Waals surface area (Å²) in [5.41, 5.74) is 0.567. The lowest BCUT2D eigenvalue weighted by atomic mass is 10.3. The lowest BCUT2D eigenvalue weighted by Crippen LogP contribution is -2.08. The molecule has 2 rings (SSSR count). The van der Waals surface area contributed by atoms with Gasteiger partial charge in [0, 0.05) is 12.7 Å². The van der Waals surface area contributed by atoms with E-state index in [1.165, 1.54) is 12.1 Å². The second-order valence-electron chi connectivity index (χ2n) is 3.46. The zero-order valence-corrected chi connectivity index (χ0v) is 10.8. The van der Waals surface area contributed by atoms with Gasteiger partial charge in [0.1, 0.15) is 5.82 Å². The molecule has 0 fully saturated rings. The summed E-state index contributed by atoms with van der Waals surface area (Å²) in [5.74, 6) is -1.50. The third-order valence-electron chi connectivity index (χ3n) is 2.25. The SMILES string of the molecule is CN(c1cccc(F)c1)c1nc(Cl)c(C(=O)O)s1. The molecule has 0 spiro atoms. The van der Waals surface area contributed by atoms with E-state index < -0.39 is 5.97 Å². The molecule has 0 radical (unpaired) electrons. The first-order valence-corrected chi connectivity index (χ1v) is 6.07. The summed E-state index contributed by atoms with van der Waals surface area (Å²) in [7, 11) is 1.66. The van der Waals surface area contributed by atoms with Gasteiger partial charge in [-0.2, -0.15) is 0 Å². The number of carbonyl (C=O) groups is 1. The van der Waals surface area contributed by atoms with Crippen LogP contribution in [-0.2, 0) is 0 Å². The van der Waals surface area contributed by atoms with E-state index in [0.717, 1.165) is 11.3 Å². The molecular formula is C11H8ClFN2O2S. The van der Waals surface area contributed by atoms with E-state index in [2.05, 4.69) is 4.98 Å². The summed E-state index contributed by atoms with van der Waals surface area (Å²) in [6, 6.07) is 5.91. The highest BCUT2D eigenvalue weighted by atomic mass is 35.5. The van der Waals surface area contributed by atoms with Crippen molar-refractivity contribution < 1.29 is 14.3 Å². The number of halogens is 2. The Hall–Kier alpha value is -1.66. The number of hydrogen-bond acceptors (Lipinski definition) is 4. The van der Waals surface area contributed by atoms with Crippen LogP contribution in [0.2, 0.25) is 5.15 Å². The van der Waals surface area contributed by atoms with E-state index in [4.69, 9.17) is 16.7 Å². The van der Waals surface area contributed by atoms with Crippen LogP contribution in [0.15, 0.2) is 24.3 Å². The van der Waals surface area contributed by atoms with Crippen molar-refractivity contribution in [2.75, 3.05) is 11.9 Å². The van der Waals surface area contributed by atoms with Gasteiger partial charge in [0.25, 0.3) is 0 Å². The maximum Gasteiger partial charge on any atom is 0.349 e. The van der Waals surface area contributed by atoms with Crippen molar-refractivity contribution in [1.29, 1.82) is 0 Å². The molecule has 1 aromatic heterocycles. The summed E-state index contributed by atoms with van der Waals surface area (Å²) in [4.78, 5) is 16.3. The van der Waals surface area contributed by atoms with E-state index in [0.29, 0.717) is 10.8 Å². The van der Waals surface area contributed by atoms with Crippen LogP contribution in [0.3, 0.4) is 0 Å². The van der Waals surface area contributed by atoms with Gasteiger partial charge in [-0.05, 0) is 18.2 Å². The molecule has 0 unspecified atom stereocenters. The van der Waals surface area contributed by atoms with Gasteiger partial charge < -0.3 is 10.0 Å². The van der Waals surface area contributed by atoms with Crippen LogP contribution in [-0.4, -0.2) is 23.1 Å². The second-order valence-corrected chi connectivity index (χ2v) is 4.80. The fourth-order valence-electron chi connectivity index (χ4n) is 1.36. The lowest BCUT2D eigenvalue weighted by molar-refractivity contribution is 0.0702. The van der Waals surface area contributed by atoms with Crippen LogP contribution < -0.4 is 4.90 Å². The minimum absolute atomic E-state index is 0.0325. The topological polar surface area (TPSA) is 53.4 Å². The Morgan fingerprint density at radius 1 is 1.56 bits per heavy atom. The molecule has 1 N–H and O–H groups in total. The van der Waals surface area contributed by atoms with Gasteiger partial charge in [-0.1, -0.05) is 29.0 Å². The summed E-state index contributed by atoms with van der Waals surface area (Å²) in [6.45, 7) is 0. The third kappa shape index (κ3) is 2.44. The number of benzene rings is 1. The van der Waals surface area contributed by atoms with E-state index in [-0.39, 0.29) is 15.8 Å². The molecule has 0 aliphatic heterocycles. The zero-order chi connectivity index (χ0) is 13.3. The molecule has 0 atom stereocenters. The standard InChI is InChI=1S/C11H8ClFN2O2S/c1-15(7-4-2-3-6(13)5-7)11-14-9(12)8(18-11)10(16)17/h2-5H,1H3,(H,16,17). The van der Waals surface area contributed by atoms with Crippen molar-refractivity contribution in [3.05, 3.63) is 40.1 Å². The molecule has 1 aromatic carbocycles. The zero-order valence-electron chi connectivity index (χ0n) is 9.22. The molecule has 18 heavy (non-hydrogen) atoms. The first-order chi connectivity index (χ1) is 8.49. The summed E-state index contributed by atoms with van der Waals surface area (Å²) >= 11 is 6.66. The minimum Gasteiger partial charge on any atom is -0.477 e. The van der Waals surface area contributed by atoms with Crippen LogP contribution in [0.25, 0.3) is 0 Å². The van der Waals surface area contributed by atoms with E-state index in [9.17, 15) is 9.18 Å². The van der Waals surface area contributed by atoms with Crippen molar-refractivity contribution >= 4 is 39.7 Å². The Kier molecular flexibility index (Phi) is 3.49. The molecule has 0 bridgehead atoms.